The quantitative estimate of drug-likeness (QED) is 0.816. The van der Waals surface area contributed by atoms with Gasteiger partial charge in [0.05, 0.1) is 6.10 Å². The second-order valence-corrected chi connectivity index (χ2v) is 6.02. The van der Waals surface area contributed by atoms with Crippen molar-refractivity contribution in [2.45, 2.75) is 44.2 Å². The lowest BCUT2D eigenvalue weighted by Gasteiger charge is -2.41. The van der Waals surface area contributed by atoms with Crippen molar-refractivity contribution in [2.24, 2.45) is 0 Å². The molecule has 118 valence electrons. The highest BCUT2D eigenvalue weighted by molar-refractivity contribution is 5.41. The van der Waals surface area contributed by atoms with Gasteiger partial charge in [0.1, 0.15) is 0 Å². The Morgan fingerprint density at radius 3 is 1.77 bits per heavy atom. The third-order valence-electron chi connectivity index (χ3n) is 4.65. The molecule has 0 bridgehead atoms. The van der Waals surface area contributed by atoms with Gasteiger partial charge in [0, 0.05) is 11.5 Å². The van der Waals surface area contributed by atoms with E-state index in [0.717, 1.165) is 12.8 Å². The lowest BCUT2D eigenvalue weighted by Crippen LogP contribution is -2.45. The predicted molar refractivity (Wildman–Crippen MR) is 93.1 cm³/mol. The van der Waals surface area contributed by atoms with E-state index in [1.807, 2.05) is 19.2 Å². The fourth-order valence-electron chi connectivity index (χ4n) is 3.33. The Morgan fingerprint density at radius 1 is 0.955 bits per heavy atom. The Bertz CT molecular complexity index is 513. The maximum absolute atomic E-state index is 11.0. The van der Waals surface area contributed by atoms with E-state index >= 15 is 0 Å². The summed E-state index contributed by atoms with van der Waals surface area (Å²) in [5.41, 5.74) is 1.97. The van der Waals surface area contributed by atoms with Crippen LogP contribution in [0.3, 0.4) is 0 Å². The minimum atomic E-state index is -0.423. The number of rotatable bonds is 7. The first-order valence-corrected chi connectivity index (χ1v) is 8.11. The summed E-state index contributed by atoms with van der Waals surface area (Å²) in [5.74, 6) is 0. The van der Waals surface area contributed by atoms with E-state index in [2.05, 4.69) is 67.7 Å². The summed E-state index contributed by atoms with van der Waals surface area (Å²) in [7, 11) is 1.98. The van der Waals surface area contributed by atoms with Crippen LogP contribution in [0.25, 0.3) is 0 Å². The summed E-state index contributed by atoms with van der Waals surface area (Å²) in [6, 6.07) is 21.1. The Kier molecular flexibility index (Phi) is 5.76. The molecule has 0 amide bonds. The zero-order chi connectivity index (χ0) is 16.0. The maximum Gasteiger partial charge on any atom is 0.0675 e. The highest BCUT2D eigenvalue weighted by Crippen LogP contribution is 2.41. The van der Waals surface area contributed by atoms with Crippen molar-refractivity contribution in [3.8, 4) is 0 Å². The van der Waals surface area contributed by atoms with Crippen LogP contribution in [-0.4, -0.2) is 24.3 Å². The normalized spacial score (nSPS) is 14.5. The lowest BCUT2D eigenvalue weighted by molar-refractivity contribution is 0.0872. The zero-order valence-electron chi connectivity index (χ0n) is 13.8. The first-order chi connectivity index (χ1) is 10.6. The minimum Gasteiger partial charge on any atom is -0.392 e. The molecule has 0 fully saturated rings. The molecule has 0 radical (unpaired) electrons. The first kappa shape index (κ1) is 16.7. The topological polar surface area (TPSA) is 32.3 Å². The molecule has 0 aromatic heterocycles. The molecule has 2 nitrogen and oxygen atoms in total. The van der Waals surface area contributed by atoms with Crippen LogP contribution in [0.2, 0.25) is 0 Å². The number of aliphatic hydroxyl groups is 1. The van der Waals surface area contributed by atoms with Crippen molar-refractivity contribution >= 4 is 0 Å². The van der Waals surface area contributed by atoms with Crippen molar-refractivity contribution in [3.05, 3.63) is 71.8 Å². The molecule has 0 spiro atoms. The number of nitrogens with one attached hydrogen (secondary N) is 1. The molecule has 2 unspecified atom stereocenters. The van der Waals surface area contributed by atoms with Crippen molar-refractivity contribution in [2.75, 3.05) is 7.05 Å². The van der Waals surface area contributed by atoms with Crippen LogP contribution in [0, 0.1) is 0 Å². The molecule has 0 aliphatic carbocycles. The lowest BCUT2D eigenvalue weighted by atomic mass is 9.66. The molecule has 2 aromatic carbocycles. The molecule has 2 aromatic rings. The number of aliphatic hydroxyl groups excluding tert-OH is 1. The van der Waals surface area contributed by atoms with Gasteiger partial charge in [0.25, 0.3) is 0 Å². The Hall–Kier alpha value is -1.64. The van der Waals surface area contributed by atoms with Crippen LogP contribution >= 0.6 is 0 Å². The minimum absolute atomic E-state index is 0.307. The van der Waals surface area contributed by atoms with Gasteiger partial charge in [-0.25, -0.2) is 0 Å². The summed E-state index contributed by atoms with van der Waals surface area (Å²) in [4.78, 5) is 0. The Labute approximate surface area is 134 Å². The predicted octanol–water partition coefficient (Wildman–Crippen LogP) is 3.74. The highest BCUT2D eigenvalue weighted by Gasteiger charge is 2.41. The average Bonchev–Trinajstić information content (AvgIpc) is 2.60. The summed E-state index contributed by atoms with van der Waals surface area (Å²) in [6.45, 7) is 4.22. The van der Waals surface area contributed by atoms with Crippen molar-refractivity contribution in [1.82, 2.24) is 5.32 Å². The molecule has 2 heteroatoms. The van der Waals surface area contributed by atoms with E-state index in [4.69, 9.17) is 0 Å². The fourth-order valence-corrected chi connectivity index (χ4v) is 3.33. The number of hydrogen-bond acceptors (Lipinski definition) is 2. The molecule has 2 N–H and O–H groups in total. The van der Waals surface area contributed by atoms with E-state index in [0.29, 0.717) is 6.04 Å². The third-order valence-corrected chi connectivity index (χ3v) is 4.65. The van der Waals surface area contributed by atoms with E-state index < -0.39 is 6.10 Å². The van der Waals surface area contributed by atoms with Gasteiger partial charge in [-0.2, -0.15) is 0 Å². The molecule has 2 rings (SSSR count). The van der Waals surface area contributed by atoms with Gasteiger partial charge in [-0.15, -0.1) is 0 Å². The van der Waals surface area contributed by atoms with Crippen molar-refractivity contribution in [1.29, 1.82) is 0 Å². The molecule has 0 aliphatic heterocycles. The van der Waals surface area contributed by atoms with Crippen LogP contribution < -0.4 is 5.32 Å². The molecule has 0 saturated heterocycles. The summed E-state index contributed by atoms with van der Waals surface area (Å²) in [6.07, 6.45) is 1.15. The summed E-state index contributed by atoms with van der Waals surface area (Å²) < 4.78 is 0. The van der Waals surface area contributed by atoms with E-state index in [9.17, 15) is 5.11 Å². The number of hydrogen-bond donors (Lipinski definition) is 2. The molecule has 2 atom stereocenters. The monoisotopic (exact) mass is 297 g/mol. The van der Waals surface area contributed by atoms with Gasteiger partial charge in [-0.05, 0) is 37.9 Å². The van der Waals surface area contributed by atoms with Gasteiger partial charge in [0.15, 0.2) is 0 Å². The largest absolute Gasteiger partial charge is 0.392 e. The van der Waals surface area contributed by atoms with Crippen LogP contribution in [0.15, 0.2) is 60.7 Å². The van der Waals surface area contributed by atoms with Crippen molar-refractivity contribution < 1.29 is 5.11 Å². The van der Waals surface area contributed by atoms with Crippen LogP contribution in [0.1, 0.15) is 37.8 Å². The van der Waals surface area contributed by atoms with Crippen LogP contribution in [0.4, 0.5) is 0 Å². The van der Waals surface area contributed by atoms with E-state index in [-0.39, 0.29) is 5.41 Å². The second-order valence-electron chi connectivity index (χ2n) is 6.02. The molecule has 0 saturated carbocycles. The smallest absolute Gasteiger partial charge is 0.0675 e. The molecule has 0 aliphatic rings. The Balaban J connectivity index is 2.63. The van der Waals surface area contributed by atoms with E-state index in [1.165, 1.54) is 11.1 Å². The molecular formula is C20H27NO. The van der Waals surface area contributed by atoms with Gasteiger partial charge < -0.3 is 10.4 Å². The van der Waals surface area contributed by atoms with Gasteiger partial charge >= 0.3 is 0 Å². The summed E-state index contributed by atoms with van der Waals surface area (Å²) in [5, 5.41) is 14.3. The van der Waals surface area contributed by atoms with Gasteiger partial charge in [0.2, 0.25) is 0 Å². The maximum atomic E-state index is 11.0. The summed E-state index contributed by atoms with van der Waals surface area (Å²) >= 11 is 0. The van der Waals surface area contributed by atoms with E-state index in [1.54, 1.807) is 0 Å². The molecule has 22 heavy (non-hydrogen) atoms. The SMILES string of the molecule is CCC(O)C(CC(C)NC)(c1ccccc1)c1ccccc1. The second kappa shape index (κ2) is 7.57. The standard InChI is InChI=1S/C20H27NO/c1-4-19(22)20(15-16(2)21-3,17-11-7-5-8-12-17)18-13-9-6-10-14-18/h5-14,16,19,21-22H,4,15H2,1-3H3. The zero-order valence-corrected chi connectivity index (χ0v) is 13.8. The van der Waals surface area contributed by atoms with Crippen LogP contribution in [-0.2, 0) is 5.41 Å². The fraction of sp³-hybridized carbons (Fsp3) is 0.400. The van der Waals surface area contributed by atoms with Gasteiger partial charge in [-0.1, -0.05) is 67.6 Å². The first-order valence-electron chi connectivity index (χ1n) is 8.11. The average molecular weight is 297 g/mol. The Morgan fingerprint density at radius 2 is 1.41 bits per heavy atom. The number of benzene rings is 2. The highest BCUT2D eigenvalue weighted by atomic mass is 16.3. The molecule has 0 heterocycles. The van der Waals surface area contributed by atoms with Crippen molar-refractivity contribution in [3.63, 3.8) is 0 Å². The van der Waals surface area contributed by atoms with Gasteiger partial charge in [-0.3, -0.25) is 0 Å². The third kappa shape index (κ3) is 3.23. The molecular weight excluding hydrogens is 270 g/mol. The van der Waals surface area contributed by atoms with Crippen LogP contribution in [0.5, 0.6) is 0 Å².